The first-order chi connectivity index (χ1) is 19.5. The fourth-order valence-electron chi connectivity index (χ4n) is 10.1. The van der Waals surface area contributed by atoms with Crippen LogP contribution in [0, 0.1) is 58.2 Å². The van der Waals surface area contributed by atoms with Crippen LogP contribution < -0.4 is 0 Å². The average Bonchev–Trinajstić information content (AvgIpc) is 3.18. The zero-order valence-electron chi connectivity index (χ0n) is 26.0. The summed E-state index contributed by atoms with van der Waals surface area (Å²) in [5.74, 6) is 1.84. The van der Waals surface area contributed by atoms with Crippen LogP contribution >= 0.6 is 0 Å². The summed E-state index contributed by atoms with van der Waals surface area (Å²) in [5, 5.41) is 0. The summed E-state index contributed by atoms with van der Waals surface area (Å²) in [5.41, 5.74) is -0.798. The van der Waals surface area contributed by atoms with Crippen molar-refractivity contribution in [3.8, 4) is 0 Å². The monoisotopic (exact) mass is 674 g/mol. The molecular formula is C28H50O12S3. The van der Waals surface area contributed by atoms with Gasteiger partial charge in [0.15, 0.2) is 0 Å². The lowest BCUT2D eigenvalue weighted by atomic mass is 9.43. The molecule has 0 aromatic rings. The Hall–Kier alpha value is -0.390. The summed E-state index contributed by atoms with van der Waals surface area (Å²) in [4.78, 5) is 0. The summed E-state index contributed by atoms with van der Waals surface area (Å²) in [7, 11) is -15.0. The van der Waals surface area contributed by atoms with Crippen LogP contribution in [0.5, 0.6) is 0 Å². The fourth-order valence-corrected chi connectivity index (χ4v) is 11.6. The lowest BCUT2D eigenvalue weighted by Crippen LogP contribution is -2.62. The van der Waals surface area contributed by atoms with Crippen LogP contribution in [-0.4, -0.2) is 57.2 Å². The molecule has 43 heavy (non-hydrogen) atoms. The van der Waals surface area contributed by atoms with E-state index in [0.717, 1.165) is 38.5 Å². The van der Waals surface area contributed by atoms with Gasteiger partial charge in [-0.25, -0.2) is 12.5 Å². The molecule has 3 N–H and O–H groups in total. The van der Waals surface area contributed by atoms with E-state index < -0.39 is 60.8 Å². The first-order valence-corrected chi connectivity index (χ1v) is 19.6. The van der Waals surface area contributed by atoms with Crippen molar-refractivity contribution in [2.24, 2.45) is 58.2 Å². The van der Waals surface area contributed by atoms with E-state index in [1.807, 2.05) is 6.92 Å². The summed E-state index contributed by atoms with van der Waals surface area (Å²) in [6, 6.07) is 0. The molecule has 4 fully saturated rings. The Bertz CT molecular complexity index is 1330. The first kappa shape index (κ1) is 35.5. The maximum Gasteiger partial charge on any atom is 0.397 e. The van der Waals surface area contributed by atoms with Crippen molar-refractivity contribution >= 4 is 31.2 Å². The number of hydrogen-bond acceptors (Lipinski definition) is 9. The van der Waals surface area contributed by atoms with Crippen molar-refractivity contribution in [1.29, 1.82) is 0 Å². The van der Waals surface area contributed by atoms with E-state index in [4.69, 9.17) is 12.5 Å². The number of fused-ring (bicyclic) bond motifs is 5. The van der Waals surface area contributed by atoms with E-state index in [1.54, 1.807) is 0 Å². The van der Waals surface area contributed by atoms with Crippen LogP contribution in [-0.2, 0) is 43.7 Å². The third-order valence-corrected chi connectivity index (χ3v) is 13.8. The van der Waals surface area contributed by atoms with Crippen LogP contribution in [0.1, 0.15) is 99.3 Å². The van der Waals surface area contributed by atoms with Crippen molar-refractivity contribution in [2.45, 2.75) is 118 Å². The number of rotatable bonds is 11. The standard InChI is InChI=1S/C28H50O12S3/c1-16(2)17(3)7-8-18(4)20-9-10-21-19-13-24(38-41(29,30)31)23-14-25(39-42(32,33)34)26(40-43(35,36)37)15-28(23,6)22(19)11-12-27(20,21)5/h16-26H,7-15H2,1-6H3,(H,29,30,31)(H,32,33,34)(H,35,36,37)/t17-,18+,19-,20+,21-,22-,23+,24-,25-,26-,27+,28+/m0/s1. The topological polar surface area (TPSA) is 191 Å². The Morgan fingerprint density at radius 2 is 1.21 bits per heavy atom. The largest absolute Gasteiger partial charge is 0.397 e. The third kappa shape index (κ3) is 7.78. The fraction of sp³-hybridized carbons (Fsp3) is 1.00. The molecule has 4 saturated carbocycles. The quantitative estimate of drug-likeness (QED) is 0.245. The van der Waals surface area contributed by atoms with Gasteiger partial charge in [-0.2, -0.15) is 25.3 Å². The van der Waals surface area contributed by atoms with Crippen molar-refractivity contribution in [1.82, 2.24) is 0 Å². The third-order valence-electron chi connectivity index (χ3n) is 12.3. The van der Waals surface area contributed by atoms with Crippen molar-refractivity contribution in [2.75, 3.05) is 0 Å². The van der Waals surface area contributed by atoms with Crippen LogP contribution in [0.25, 0.3) is 0 Å². The van der Waals surface area contributed by atoms with Gasteiger partial charge in [0.05, 0.1) is 6.10 Å². The van der Waals surface area contributed by atoms with E-state index in [9.17, 15) is 38.9 Å². The maximum absolute atomic E-state index is 12.0. The molecule has 0 aromatic carbocycles. The van der Waals surface area contributed by atoms with Crippen LogP contribution in [0.15, 0.2) is 0 Å². The molecule has 0 saturated heterocycles. The second-order valence-electron chi connectivity index (χ2n) is 14.9. The van der Waals surface area contributed by atoms with Crippen LogP contribution in [0.3, 0.4) is 0 Å². The highest BCUT2D eigenvalue weighted by Crippen LogP contribution is 2.69. The highest BCUT2D eigenvalue weighted by molar-refractivity contribution is 7.81. The second kappa shape index (κ2) is 12.3. The van der Waals surface area contributed by atoms with Gasteiger partial charge in [0.25, 0.3) is 0 Å². The molecule has 12 nitrogen and oxygen atoms in total. The van der Waals surface area contributed by atoms with Gasteiger partial charge in [-0.15, -0.1) is 0 Å². The molecule has 4 rings (SSSR count). The molecule has 0 bridgehead atoms. The maximum atomic E-state index is 12.0. The van der Waals surface area contributed by atoms with Crippen molar-refractivity contribution in [3.63, 3.8) is 0 Å². The molecule has 0 aromatic heterocycles. The van der Waals surface area contributed by atoms with Gasteiger partial charge in [-0.3, -0.25) is 13.7 Å². The molecule has 252 valence electrons. The van der Waals surface area contributed by atoms with Crippen molar-refractivity contribution in [3.05, 3.63) is 0 Å². The lowest BCUT2D eigenvalue weighted by Gasteiger charge is -2.63. The zero-order chi connectivity index (χ0) is 32.3. The van der Waals surface area contributed by atoms with Crippen LogP contribution in [0.2, 0.25) is 0 Å². The van der Waals surface area contributed by atoms with Crippen LogP contribution in [0.4, 0.5) is 0 Å². The molecule has 0 amide bonds. The average molecular weight is 675 g/mol. The molecule has 0 radical (unpaired) electrons. The molecule has 15 heteroatoms. The minimum absolute atomic E-state index is 0.00367. The van der Waals surface area contributed by atoms with Gasteiger partial charge in [0.1, 0.15) is 12.2 Å². The SMILES string of the molecule is CC(C)[C@@H](C)CC[C@@H](C)[C@H]1CC[C@H]2[C@@H]3C[C@H](OS(=O)(=O)O)[C@H]4C[C@H](OS(=O)(=O)O)[C@@H](OS(=O)(=O)O)C[C@]4(C)[C@H]3CC[C@]12C. The van der Waals surface area contributed by atoms with Gasteiger partial charge in [-0.05, 0) is 103 Å². The molecule has 0 unspecified atom stereocenters. The Labute approximate surface area is 257 Å². The molecule has 12 atom stereocenters. The highest BCUT2D eigenvalue weighted by Gasteiger charge is 2.65. The summed E-state index contributed by atoms with van der Waals surface area (Å²) >= 11 is 0. The van der Waals surface area contributed by atoms with Crippen molar-refractivity contribution < 1.29 is 51.5 Å². The van der Waals surface area contributed by atoms with E-state index in [1.165, 1.54) is 0 Å². The Morgan fingerprint density at radius 1 is 0.674 bits per heavy atom. The first-order valence-electron chi connectivity index (χ1n) is 15.5. The molecule has 4 aliphatic carbocycles. The summed E-state index contributed by atoms with van der Waals surface area (Å²) < 4.78 is 114. The number of hydrogen-bond donors (Lipinski definition) is 3. The predicted molar refractivity (Wildman–Crippen MR) is 158 cm³/mol. The molecule has 0 aliphatic heterocycles. The molecule has 0 heterocycles. The molecule has 4 aliphatic rings. The summed E-state index contributed by atoms with van der Waals surface area (Å²) in [6.45, 7) is 13.4. The summed E-state index contributed by atoms with van der Waals surface area (Å²) in [6.07, 6.45) is 1.99. The van der Waals surface area contributed by atoms with Gasteiger partial charge >= 0.3 is 31.2 Å². The zero-order valence-corrected chi connectivity index (χ0v) is 28.4. The predicted octanol–water partition coefficient (Wildman–Crippen LogP) is 5.14. The minimum Gasteiger partial charge on any atom is -0.264 e. The Kier molecular flexibility index (Phi) is 10.2. The van der Waals surface area contributed by atoms with E-state index >= 15 is 0 Å². The Morgan fingerprint density at radius 3 is 1.77 bits per heavy atom. The van der Waals surface area contributed by atoms with Gasteiger partial charge in [0.2, 0.25) is 0 Å². The van der Waals surface area contributed by atoms with E-state index in [-0.39, 0.29) is 36.0 Å². The minimum atomic E-state index is -5.06. The Balaban J connectivity index is 1.67. The normalized spacial score (nSPS) is 41.7. The van der Waals surface area contributed by atoms with Gasteiger partial charge in [-0.1, -0.05) is 54.4 Å². The van der Waals surface area contributed by atoms with E-state index in [2.05, 4.69) is 34.6 Å². The van der Waals surface area contributed by atoms with E-state index in [0.29, 0.717) is 30.1 Å². The van der Waals surface area contributed by atoms with Gasteiger partial charge in [0, 0.05) is 0 Å². The smallest absolute Gasteiger partial charge is 0.264 e. The molecular weight excluding hydrogens is 624 g/mol. The van der Waals surface area contributed by atoms with Gasteiger partial charge < -0.3 is 0 Å². The highest BCUT2D eigenvalue weighted by atomic mass is 32.3. The molecule has 0 spiro atoms. The second-order valence-corrected chi connectivity index (χ2v) is 18.0. The lowest BCUT2D eigenvalue weighted by molar-refractivity contribution is -0.184.